The van der Waals surface area contributed by atoms with Crippen LogP contribution in [0.1, 0.15) is 34.1 Å². The number of amides is 1. The number of ether oxygens (including phenoxy) is 7. The summed E-state index contributed by atoms with van der Waals surface area (Å²) in [5.74, 6) is 4.11. The van der Waals surface area contributed by atoms with Gasteiger partial charge < -0.3 is 48.3 Å². The second-order valence-corrected chi connectivity index (χ2v) is 12.0. The summed E-state index contributed by atoms with van der Waals surface area (Å²) in [6.45, 7) is 6.72. The highest BCUT2D eigenvalue weighted by molar-refractivity contribution is 6.02. The van der Waals surface area contributed by atoms with Crippen LogP contribution in [0, 0.1) is 6.92 Å². The van der Waals surface area contributed by atoms with Crippen molar-refractivity contribution in [2.24, 2.45) is 0 Å². The minimum atomic E-state index is -0.416. The van der Waals surface area contributed by atoms with Crippen LogP contribution in [0.25, 0.3) is 22.6 Å². The maximum Gasteiger partial charge on any atom is 0.255 e. The molecule has 1 unspecified atom stereocenters. The van der Waals surface area contributed by atoms with Crippen LogP contribution in [0.5, 0.6) is 40.2 Å². The zero-order valence-electron chi connectivity index (χ0n) is 30.0. The lowest BCUT2D eigenvalue weighted by atomic mass is 10.0. The molecule has 1 atom stereocenters. The van der Waals surface area contributed by atoms with Crippen molar-refractivity contribution in [1.29, 1.82) is 0 Å². The Hall–Kier alpha value is -6.30. The van der Waals surface area contributed by atoms with Gasteiger partial charge in [0.25, 0.3) is 5.91 Å². The van der Waals surface area contributed by atoms with E-state index in [0.717, 1.165) is 33.5 Å². The normalized spacial score (nSPS) is 13.3. The molecule has 5 aromatic rings. The first-order valence-corrected chi connectivity index (χ1v) is 16.5. The molecule has 0 saturated carbocycles. The summed E-state index contributed by atoms with van der Waals surface area (Å²) in [5.41, 5.74) is 6.15. The summed E-state index contributed by atoms with van der Waals surface area (Å²) < 4.78 is 45.5. The van der Waals surface area contributed by atoms with Crippen molar-refractivity contribution in [2.75, 3.05) is 54.1 Å². The smallest absolute Gasteiger partial charge is 0.255 e. The second-order valence-electron chi connectivity index (χ2n) is 12.0. The number of fused-ring (bicyclic) bond motifs is 1. The average molecular weight is 708 g/mol. The molecule has 0 radical (unpaired) electrons. The van der Waals surface area contributed by atoms with Crippen molar-refractivity contribution >= 4 is 11.6 Å². The van der Waals surface area contributed by atoms with E-state index >= 15 is 0 Å². The molecule has 6 rings (SSSR count). The lowest BCUT2D eigenvalue weighted by Gasteiger charge is -2.28. The van der Waals surface area contributed by atoms with Gasteiger partial charge in [0, 0.05) is 29.3 Å². The number of carbonyl (C=O) groups excluding carboxylic acids is 1. The van der Waals surface area contributed by atoms with Gasteiger partial charge in [0.1, 0.15) is 18.5 Å². The summed E-state index contributed by atoms with van der Waals surface area (Å²) in [6.07, 6.45) is 0.110. The Morgan fingerprint density at radius 3 is 2.15 bits per heavy atom. The molecule has 12 nitrogen and oxygen atoms in total. The largest absolute Gasteiger partial charge is 0.493 e. The number of nitrogens with zero attached hydrogens (tertiary/aromatic N) is 1. The van der Waals surface area contributed by atoms with E-state index in [1.54, 1.807) is 35.5 Å². The number of hydrogen-bond donors (Lipinski definition) is 2. The maximum absolute atomic E-state index is 12.8. The van der Waals surface area contributed by atoms with Crippen molar-refractivity contribution in [3.05, 3.63) is 102 Å². The third-order valence-corrected chi connectivity index (χ3v) is 8.58. The Morgan fingerprint density at radius 1 is 0.731 bits per heavy atom. The number of benzene rings is 4. The van der Waals surface area contributed by atoms with Gasteiger partial charge in [-0.3, -0.25) is 4.79 Å². The highest BCUT2D eigenvalue weighted by atomic mass is 16.5. The van der Waals surface area contributed by atoms with Crippen LogP contribution in [0.15, 0.2) is 89.5 Å². The molecule has 0 spiro atoms. The van der Waals surface area contributed by atoms with Crippen molar-refractivity contribution in [3.8, 4) is 62.8 Å². The molecule has 0 aliphatic carbocycles. The van der Waals surface area contributed by atoms with Crippen LogP contribution in [-0.2, 0) is 0 Å². The lowest BCUT2D eigenvalue weighted by molar-refractivity contribution is 0.0935. The number of aromatic nitrogens is 1. The number of rotatable bonds is 15. The first kappa shape index (κ1) is 35.5. The Balaban J connectivity index is 1.06. The van der Waals surface area contributed by atoms with Crippen LogP contribution >= 0.6 is 0 Å². The van der Waals surface area contributed by atoms with E-state index in [1.165, 1.54) is 0 Å². The molecule has 2 N–H and O–H groups in total. The van der Waals surface area contributed by atoms with Crippen molar-refractivity contribution in [1.82, 2.24) is 10.5 Å². The fraction of sp³-hybridized carbons (Fsp3) is 0.250. The van der Waals surface area contributed by atoms with Gasteiger partial charge >= 0.3 is 0 Å². The number of carbonyl (C=O) groups is 1. The predicted octanol–water partition coefficient (Wildman–Crippen LogP) is 7.62. The molecule has 270 valence electrons. The summed E-state index contributed by atoms with van der Waals surface area (Å²) in [6, 6.07) is 22.3. The van der Waals surface area contributed by atoms with Crippen molar-refractivity contribution in [2.45, 2.75) is 19.5 Å². The molecule has 12 heteroatoms. The third kappa shape index (κ3) is 7.55. The van der Waals surface area contributed by atoms with Crippen LogP contribution in [0.2, 0.25) is 0 Å². The summed E-state index contributed by atoms with van der Waals surface area (Å²) >= 11 is 0. The van der Waals surface area contributed by atoms with E-state index in [2.05, 4.69) is 22.4 Å². The van der Waals surface area contributed by atoms with E-state index in [1.807, 2.05) is 79.7 Å². The molecule has 1 aromatic heterocycles. The van der Waals surface area contributed by atoms with Crippen LogP contribution in [0.3, 0.4) is 0 Å². The molecule has 0 saturated heterocycles. The van der Waals surface area contributed by atoms with Crippen LogP contribution in [-0.4, -0.2) is 59.8 Å². The molecule has 2 heterocycles. The molecular formula is C40H41N3O9. The van der Waals surface area contributed by atoms with Gasteiger partial charge in [0.2, 0.25) is 5.75 Å². The lowest BCUT2D eigenvalue weighted by Crippen LogP contribution is -2.38. The molecule has 1 aliphatic rings. The quantitative estimate of drug-likeness (QED) is 0.104. The number of nitrogens with one attached hydrogen (secondary N) is 2. The summed E-state index contributed by atoms with van der Waals surface area (Å²) in [5, 5.41) is 10.7. The first-order chi connectivity index (χ1) is 25.2. The van der Waals surface area contributed by atoms with Crippen molar-refractivity contribution in [3.63, 3.8) is 0 Å². The standard InChI is InChI=1S/C40H41N3O9/c1-23-8-11-29-28(16-23)40(44)42-39(41-29)26-10-13-32(34(18-26)46-4)51-22-24(2)14-15-50-35-17-25(9-12-31(35)45-3)33-21-30(43-52-33)27-19-36(47-5)38(49-7)37(20-27)48-6/h8-13,16-21,39,41H,2,14-15,22H2,1,3-7H3,(H,42,44). The van der Waals surface area contributed by atoms with Gasteiger partial charge in [-0.1, -0.05) is 29.4 Å². The van der Waals surface area contributed by atoms with Crippen LogP contribution in [0.4, 0.5) is 5.69 Å². The Morgan fingerprint density at radius 2 is 1.44 bits per heavy atom. The summed E-state index contributed by atoms with van der Waals surface area (Å²) in [4.78, 5) is 12.8. The Bertz CT molecular complexity index is 2070. The van der Waals surface area contributed by atoms with Crippen LogP contribution < -0.4 is 43.8 Å². The molecular weight excluding hydrogens is 666 g/mol. The highest BCUT2D eigenvalue weighted by Gasteiger charge is 2.25. The SMILES string of the molecule is C=C(CCOc1cc(-c2cc(-c3cc(OC)c(OC)c(OC)c3)no2)ccc1OC)COc1ccc(C2NC(=O)c3cc(C)ccc3N2)cc1OC. The Labute approximate surface area is 302 Å². The second kappa shape index (κ2) is 15.7. The number of aryl methyl sites for hydroxylation is 1. The molecule has 52 heavy (non-hydrogen) atoms. The van der Waals surface area contributed by atoms with Gasteiger partial charge in [0.05, 0.1) is 47.7 Å². The average Bonchev–Trinajstić information content (AvgIpc) is 3.67. The van der Waals surface area contributed by atoms with Gasteiger partial charge in [0.15, 0.2) is 40.3 Å². The topological polar surface area (TPSA) is 132 Å². The van der Waals surface area contributed by atoms with Gasteiger partial charge in [-0.2, -0.15) is 0 Å². The predicted molar refractivity (Wildman–Crippen MR) is 196 cm³/mol. The number of methoxy groups -OCH3 is 5. The van der Waals surface area contributed by atoms with Gasteiger partial charge in [-0.25, -0.2) is 0 Å². The van der Waals surface area contributed by atoms with E-state index in [-0.39, 0.29) is 12.5 Å². The minimum Gasteiger partial charge on any atom is -0.493 e. The molecule has 0 fully saturated rings. The van der Waals surface area contributed by atoms with E-state index in [4.69, 9.17) is 37.7 Å². The van der Waals surface area contributed by atoms with E-state index in [9.17, 15) is 4.79 Å². The zero-order valence-corrected chi connectivity index (χ0v) is 30.0. The van der Waals surface area contributed by atoms with Gasteiger partial charge in [-0.15, -0.1) is 0 Å². The van der Waals surface area contributed by atoms with Crippen molar-refractivity contribution < 1.29 is 42.5 Å². The van der Waals surface area contributed by atoms with Gasteiger partial charge in [-0.05, 0) is 72.7 Å². The molecule has 0 bridgehead atoms. The number of hydrogen-bond acceptors (Lipinski definition) is 11. The molecule has 4 aromatic carbocycles. The maximum atomic E-state index is 12.8. The first-order valence-electron chi connectivity index (χ1n) is 16.5. The molecule has 1 aliphatic heterocycles. The zero-order chi connectivity index (χ0) is 36.8. The minimum absolute atomic E-state index is 0.135. The Kier molecular flexibility index (Phi) is 10.7. The summed E-state index contributed by atoms with van der Waals surface area (Å²) in [7, 11) is 7.84. The third-order valence-electron chi connectivity index (χ3n) is 8.58. The highest BCUT2D eigenvalue weighted by Crippen LogP contribution is 2.42. The molecule has 1 amide bonds. The van der Waals surface area contributed by atoms with E-state index in [0.29, 0.717) is 70.3 Å². The monoisotopic (exact) mass is 707 g/mol. The fourth-order valence-electron chi connectivity index (χ4n) is 5.80. The van der Waals surface area contributed by atoms with E-state index < -0.39 is 6.17 Å². The number of anilines is 1. The fourth-order valence-corrected chi connectivity index (χ4v) is 5.80.